The van der Waals surface area contributed by atoms with Gasteiger partial charge in [-0.2, -0.15) is 8.78 Å². The lowest BCUT2D eigenvalue weighted by atomic mass is 10.1. The van der Waals surface area contributed by atoms with Gasteiger partial charge in [0.25, 0.3) is 11.8 Å². The van der Waals surface area contributed by atoms with Crippen molar-refractivity contribution in [3.05, 3.63) is 59.2 Å². The van der Waals surface area contributed by atoms with Crippen molar-refractivity contribution in [2.75, 3.05) is 18.5 Å². The third-order valence-corrected chi connectivity index (χ3v) is 4.49. The van der Waals surface area contributed by atoms with Crippen LogP contribution in [0.4, 0.5) is 14.5 Å². The van der Waals surface area contributed by atoms with Crippen LogP contribution in [0.15, 0.2) is 42.5 Å². The number of aryl methyl sites for hydroxylation is 2. The van der Waals surface area contributed by atoms with Crippen LogP contribution >= 0.6 is 0 Å². The lowest BCUT2D eigenvalue weighted by Crippen LogP contribution is -2.32. The van der Waals surface area contributed by atoms with Crippen LogP contribution in [0, 0.1) is 0 Å². The van der Waals surface area contributed by atoms with E-state index in [0.717, 1.165) is 19.3 Å². The summed E-state index contributed by atoms with van der Waals surface area (Å²) in [5, 5.41) is 4.90. The number of hydrogen-bond donors (Lipinski definition) is 2. The number of alkyl halides is 2. The van der Waals surface area contributed by atoms with Gasteiger partial charge in [-0.05, 0) is 54.7 Å². The normalized spacial score (nSPS) is 12.2. The lowest BCUT2D eigenvalue weighted by Gasteiger charge is -2.11. The number of nitrogens with one attached hydrogen (secondary N) is 2. The topological polar surface area (TPSA) is 93.7 Å². The van der Waals surface area contributed by atoms with Gasteiger partial charge in [0.1, 0.15) is 12.3 Å². The zero-order valence-electron chi connectivity index (χ0n) is 16.0. The van der Waals surface area contributed by atoms with E-state index in [4.69, 9.17) is 4.74 Å². The standard InChI is InChI=1S/C21H20F2N2O5/c22-21(23)30-17-7-2-1-6-16(17)20(28)24-11-19(27)29-12-18(26)25-15-9-8-13-4-3-5-14(13)10-15/h1-2,6-10,21H,3-5,11-12H2,(H,24,28)(H,25,26). The number of ether oxygens (including phenoxy) is 2. The molecule has 0 bridgehead atoms. The Balaban J connectivity index is 1.43. The van der Waals surface area contributed by atoms with Gasteiger partial charge in [0.05, 0.1) is 5.56 Å². The highest BCUT2D eigenvalue weighted by Crippen LogP contribution is 2.24. The molecule has 7 nitrogen and oxygen atoms in total. The van der Waals surface area contributed by atoms with Gasteiger partial charge in [-0.1, -0.05) is 18.2 Å². The number of amides is 2. The van der Waals surface area contributed by atoms with Crippen molar-refractivity contribution in [2.24, 2.45) is 0 Å². The largest absolute Gasteiger partial charge is 0.454 e. The number of para-hydroxylation sites is 1. The smallest absolute Gasteiger partial charge is 0.387 e. The molecule has 2 aromatic rings. The van der Waals surface area contributed by atoms with Crippen LogP contribution in [0.3, 0.4) is 0 Å². The van der Waals surface area contributed by atoms with Gasteiger partial charge in [-0.25, -0.2) is 0 Å². The average Bonchev–Trinajstić information content (AvgIpc) is 3.18. The van der Waals surface area contributed by atoms with Crippen molar-refractivity contribution in [3.63, 3.8) is 0 Å². The summed E-state index contributed by atoms with van der Waals surface area (Å²) in [6, 6.07) is 11.1. The Bertz CT molecular complexity index is 949. The SMILES string of the molecule is O=C(COC(=O)CNC(=O)c1ccccc1OC(F)F)Nc1ccc2c(c1)CCC2. The van der Waals surface area contributed by atoms with E-state index < -0.39 is 37.5 Å². The van der Waals surface area contributed by atoms with Crippen molar-refractivity contribution < 1.29 is 32.6 Å². The highest BCUT2D eigenvalue weighted by Gasteiger charge is 2.17. The Morgan fingerprint density at radius 3 is 2.60 bits per heavy atom. The van der Waals surface area contributed by atoms with E-state index >= 15 is 0 Å². The van der Waals surface area contributed by atoms with Crippen molar-refractivity contribution >= 4 is 23.5 Å². The first kappa shape index (κ1) is 21.2. The summed E-state index contributed by atoms with van der Waals surface area (Å²) < 4.78 is 33.9. The molecule has 2 amide bonds. The molecule has 2 aromatic carbocycles. The molecule has 9 heteroatoms. The van der Waals surface area contributed by atoms with Crippen molar-refractivity contribution in [2.45, 2.75) is 25.9 Å². The fraction of sp³-hybridized carbons (Fsp3) is 0.286. The molecule has 1 aliphatic carbocycles. The number of benzene rings is 2. The second-order valence-corrected chi connectivity index (χ2v) is 6.60. The molecule has 0 saturated carbocycles. The number of rotatable bonds is 8. The van der Waals surface area contributed by atoms with Crippen molar-refractivity contribution in [3.8, 4) is 5.75 Å². The number of halogens is 2. The van der Waals surface area contributed by atoms with Gasteiger partial charge < -0.3 is 20.1 Å². The zero-order valence-corrected chi connectivity index (χ0v) is 16.0. The molecule has 0 aromatic heterocycles. The molecule has 0 spiro atoms. The Kier molecular flexibility index (Phi) is 6.95. The van der Waals surface area contributed by atoms with Crippen LogP contribution in [-0.4, -0.2) is 37.5 Å². The minimum absolute atomic E-state index is 0.153. The van der Waals surface area contributed by atoms with Gasteiger partial charge in [-0.3, -0.25) is 14.4 Å². The third kappa shape index (κ3) is 5.76. The van der Waals surface area contributed by atoms with Crippen LogP contribution < -0.4 is 15.4 Å². The molecular weight excluding hydrogens is 398 g/mol. The minimum Gasteiger partial charge on any atom is -0.454 e. The van der Waals surface area contributed by atoms with E-state index in [-0.39, 0.29) is 11.3 Å². The summed E-state index contributed by atoms with van der Waals surface area (Å²) in [6.45, 7) is -4.14. The predicted octanol–water partition coefficient (Wildman–Crippen LogP) is 2.69. The van der Waals surface area contributed by atoms with Crippen LogP contribution in [-0.2, 0) is 27.2 Å². The van der Waals surface area contributed by atoms with E-state index in [1.54, 1.807) is 6.07 Å². The maximum atomic E-state index is 12.4. The summed E-state index contributed by atoms with van der Waals surface area (Å²) in [6.07, 6.45) is 3.10. The number of hydrogen-bond acceptors (Lipinski definition) is 5. The number of esters is 1. The molecule has 0 atom stereocenters. The molecule has 2 N–H and O–H groups in total. The molecule has 0 heterocycles. The van der Waals surface area contributed by atoms with Gasteiger partial charge in [0.15, 0.2) is 6.61 Å². The van der Waals surface area contributed by atoms with E-state index in [9.17, 15) is 23.2 Å². The van der Waals surface area contributed by atoms with Gasteiger partial charge in [0, 0.05) is 5.69 Å². The maximum Gasteiger partial charge on any atom is 0.387 e. The summed E-state index contributed by atoms with van der Waals surface area (Å²) in [5.74, 6) is -2.46. The Labute approximate surface area is 171 Å². The monoisotopic (exact) mass is 418 g/mol. The van der Waals surface area contributed by atoms with E-state index in [1.165, 1.54) is 35.4 Å². The first-order chi connectivity index (χ1) is 14.4. The molecule has 158 valence electrons. The van der Waals surface area contributed by atoms with E-state index in [0.29, 0.717) is 5.69 Å². The quantitative estimate of drug-likeness (QED) is 0.643. The van der Waals surface area contributed by atoms with Crippen molar-refractivity contribution in [1.29, 1.82) is 0 Å². The molecule has 0 fully saturated rings. The van der Waals surface area contributed by atoms with E-state index in [1.807, 2.05) is 12.1 Å². The third-order valence-electron chi connectivity index (χ3n) is 4.49. The van der Waals surface area contributed by atoms with Crippen LogP contribution in [0.2, 0.25) is 0 Å². The molecule has 1 aliphatic rings. The van der Waals surface area contributed by atoms with Gasteiger partial charge in [-0.15, -0.1) is 0 Å². The first-order valence-electron chi connectivity index (χ1n) is 9.31. The molecule has 0 unspecified atom stereocenters. The first-order valence-corrected chi connectivity index (χ1v) is 9.31. The minimum atomic E-state index is -3.09. The molecule has 3 rings (SSSR count). The molecule has 0 aliphatic heterocycles. The van der Waals surface area contributed by atoms with Gasteiger partial charge in [0.2, 0.25) is 0 Å². The fourth-order valence-electron chi connectivity index (χ4n) is 3.14. The second-order valence-electron chi connectivity index (χ2n) is 6.60. The van der Waals surface area contributed by atoms with Crippen molar-refractivity contribution in [1.82, 2.24) is 5.32 Å². The highest BCUT2D eigenvalue weighted by atomic mass is 19.3. The Morgan fingerprint density at radius 2 is 1.80 bits per heavy atom. The summed E-state index contributed by atoms with van der Waals surface area (Å²) in [4.78, 5) is 35.8. The summed E-state index contributed by atoms with van der Waals surface area (Å²) in [5.41, 5.74) is 2.94. The Hall–Kier alpha value is -3.49. The van der Waals surface area contributed by atoms with Gasteiger partial charge >= 0.3 is 12.6 Å². The number of carbonyl (C=O) groups is 3. The molecule has 30 heavy (non-hydrogen) atoms. The number of fused-ring (bicyclic) bond motifs is 1. The highest BCUT2D eigenvalue weighted by molar-refractivity contribution is 5.98. The summed E-state index contributed by atoms with van der Waals surface area (Å²) >= 11 is 0. The number of carbonyl (C=O) groups excluding carboxylic acids is 3. The second kappa shape index (κ2) is 9.82. The maximum absolute atomic E-state index is 12.4. The summed E-state index contributed by atoms with van der Waals surface area (Å²) in [7, 11) is 0. The van der Waals surface area contributed by atoms with Crippen LogP contribution in [0.25, 0.3) is 0 Å². The van der Waals surface area contributed by atoms with Crippen LogP contribution in [0.1, 0.15) is 27.9 Å². The zero-order chi connectivity index (χ0) is 21.5. The predicted molar refractivity (Wildman–Crippen MR) is 103 cm³/mol. The lowest BCUT2D eigenvalue weighted by molar-refractivity contribution is -0.146. The van der Waals surface area contributed by atoms with E-state index in [2.05, 4.69) is 15.4 Å². The Morgan fingerprint density at radius 1 is 1.03 bits per heavy atom. The molecular formula is C21H20F2N2O5. The molecule has 0 radical (unpaired) electrons. The number of anilines is 1. The molecule has 0 saturated heterocycles. The average molecular weight is 418 g/mol. The van der Waals surface area contributed by atoms with Crippen LogP contribution in [0.5, 0.6) is 5.75 Å². The fourth-order valence-corrected chi connectivity index (χ4v) is 3.14.